The number of hydrogen-bond acceptors (Lipinski definition) is 0. The van der Waals surface area contributed by atoms with E-state index in [0.29, 0.717) is 5.92 Å². The average molecular weight is 131 g/mol. The normalized spacial score (nSPS) is 57.7. The molecule has 0 aromatic carbocycles. The highest BCUT2D eigenvalue weighted by Crippen LogP contribution is 2.65. The van der Waals surface area contributed by atoms with Gasteiger partial charge in [0, 0.05) is 6.42 Å². The second-order valence-electron chi connectivity index (χ2n) is 3.26. The van der Waals surface area contributed by atoms with Crippen molar-refractivity contribution in [3.63, 3.8) is 0 Å². The summed E-state index contributed by atoms with van der Waals surface area (Å²) in [7, 11) is 0. The minimum absolute atomic E-state index is 0.0255. The predicted octanol–water partition coefficient (Wildman–Crippen LogP) is 2.26. The lowest BCUT2D eigenvalue weighted by atomic mass is 10.2. The number of rotatable bonds is 1. The molecule has 2 aliphatic rings. The van der Waals surface area contributed by atoms with Crippen molar-refractivity contribution in [2.24, 2.45) is 11.8 Å². The van der Waals surface area contributed by atoms with Gasteiger partial charge in [0.2, 0.25) is 0 Å². The molecular formula is C7H9F2. The van der Waals surface area contributed by atoms with Crippen molar-refractivity contribution in [2.45, 2.75) is 25.4 Å². The lowest BCUT2D eigenvalue weighted by Gasteiger charge is -1.98. The molecule has 2 aliphatic carbocycles. The third-order valence-electron chi connectivity index (χ3n) is 2.44. The lowest BCUT2D eigenvalue weighted by Crippen LogP contribution is -2.05. The third kappa shape index (κ3) is 0.620. The molecule has 0 spiro atoms. The summed E-state index contributed by atoms with van der Waals surface area (Å²) in [5.74, 6) is 0.445. The van der Waals surface area contributed by atoms with E-state index in [4.69, 9.17) is 0 Å². The second-order valence-corrected chi connectivity index (χ2v) is 3.26. The molecule has 0 N–H and O–H groups in total. The maximum Gasteiger partial charge on any atom is 0.185 e. The predicted molar refractivity (Wildman–Crippen MR) is 30.1 cm³/mol. The largest absolute Gasteiger partial charge is 0.240 e. The van der Waals surface area contributed by atoms with Gasteiger partial charge in [-0.05, 0) is 18.3 Å². The van der Waals surface area contributed by atoms with Crippen LogP contribution in [0.3, 0.4) is 0 Å². The summed E-state index contributed by atoms with van der Waals surface area (Å²) in [6, 6.07) is 0. The molecule has 0 amide bonds. The van der Waals surface area contributed by atoms with Crippen LogP contribution in [0.1, 0.15) is 19.8 Å². The molecule has 0 aliphatic heterocycles. The molecule has 0 aromatic rings. The van der Waals surface area contributed by atoms with Gasteiger partial charge in [-0.25, -0.2) is 8.78 Å². The molecule has 1 radical (unpaired) electrons. The Morgan fingerprint density at radius 1 is 1.67 bits per heavy atom. The first-order chi connectivity index (χ1) is 4.14. The fourth-order valence-corrected chi connectivity index (χ4v) is 1.47. The monoisotopic (exact) mass is 131 g/mol. The van der Waals surface area contributed by atoms with Crippen molar-refractivity contribution in [3.05, 3.63) is 6.17 Å². The van der Waals surface area contributed by atoms with Gasteiger partial charge in [0.15, 0.2) is 11.8 Å². The van der Waals surface area contributed by atoms with Gasteiger partial charge in [0.05, 0.1) is 0 Å². The molecule has 51 valence electrons. The van der Waals surface area contributed by atoms with Gasteiger partial charge in [-0.1, -0.05) is 6.92 Å². The summed E-state index contributed by atoms with van der Waals surface area (Å²) in [5.41, 5.74) is -1.46. The molecule has 3 atom stereocenters. The number of halogens is 2. The molecule has 0 saturated heterocycles. The summed E-state index contributed by atoms with van der Waals surface area (Å²) in [4.78, 5) is 0. The summed E-state index contributed by atoms with van der Waals surface area (Å²) in [5, 5.41) is 0. The summed E-state index contributed by atoms with van der Waals surface area (Å²) in [6.45, 7) is 1.97. The van der Waals surface area contributed by atoms with Gasteiger partial charge in [0.1, 0.15) is 0 Å². The Hall–Kier alpha value is -0.140. The maximum atomic E-state index is 12.9. The minimum Gasteiger partial charge on any atom is -0.240 e. The molecule has 2 rings (SSSR count). The van der Waals surface area contributed by atoms with E-state index < -0.39 is 11.8 Å². The molecule has 2 fully saturated rings. The maximum absolute atomic E-state index is 12.9. The van der Waals surface area contributed by atoms with Crippen LogP contribution in [0, 0.1) is 18.0 Å². The molecule has 3 unspecified atom stereocenters. The van der Waals surface area contributed by atoms with Gasteiger partial charge >= 0.3 is 0 Å². The van der Waals surface area contributed by atoms with Crippen LogP contribution in [0.5, 0.6) is 0 Å². The molecule has 0 bridgehead atoms. The Bertz CT molecular complexity index is 146. The summed E-state index contributed by atoms with van der Waals surface area (Å²) in [6.07, 6.45) is 0.545. The number of alkyl halides is 1. The molecule has 0 nitrogen and oxygen atoms in total. The highest BCUT2D eigenvalue weighted by Gasteiger charge is 2.68. The van der Waals surface area contributed by atoms with Crippen molar-refractivity contribution in [3.8, 4) is 0 Å². The number of hydrogen-bond donors (Lipinski definition) is 0. The zero-order valence-corrected chi connectivity index (χ0v) is 5.32. The fraction of sp³-hybridized carbons (Fsp3) is 0.857. The lowest BCUT2D eigenvalue weighted by molar-refractivity contribution is 0.245. The van der Waals surface area contributed by atoms with Crippen molar-refractivity contribution < 1.29 is 8.78 Å². The van der Waals surface area contributed by atoms with E-state index in [1.54, 1.807) is 0 Å². The first-order valence-corrected chi connectivity index (χ1v) is 3.35. The molecule has 0 aromatic heterocycles. The topological polar surface area (TPSA) is 0 Å². The van der Waals surface area contributed by atoms with Crippen LogP contribution >= 0.6 is 0 Å². The van der Waals surface area contributed by atoms with E-state index in [1.165, 1.54) is 0 Å². The van der Waals surface area contributed by atoms with E-state index in [2.05, 4.69) is 0 Å². The van der Waals surface area contributed by atoms with Crippen LogP contribution in [0.4, 0.5) is 8.78 Å². The van der Waals surface area contributed by atoms with E-state index in [-0.39, 0.29) is 12.3 Å². The Labute approximate surface area is 53.2 Å². The van der Waals surface area contributed by atoms with Crippen LogP contribution in [0.15, 0.2) is 0 Å². The second kappa shape index (κ2) is 1.30. The van der Waals surface area contributed by atoms with Crippen LogP contribution < -0.4 is 0 Å². The first-order valence-electron chi connectivity index (χ1n) is 3.35. The van der Waals surface area contributed by atoms with Crippen molar-refractivity contribution in [1.82, 2.24) is 0 Å². The Morgan fingerprint density at radius 2 is 2.11 bits per heavy atom. The van der Waals surface area contributed by atoms with Gasteiger partial charge < -0.3 is 0 Å². The average Bonchev–Trinajstić information content (AvgIpc) is 2.55. The van der Waals surface area contributed by atoms with Crippen LogP contribution in [0.25, 0.3) is 0 Å². The van der Waals surface area contributed by atoms with E-state index in [9.17, 15) is 8.78 Å². The van der Waals surface area contributed by atoms with Gasteiger partial charge in [-0.2, -0.15) is 0 Å². The molecule has 9 heavy (non-hydrogen) atoms. The van der Waals surface area contributed by atoms with E-state index in [0.717, 1.165) is 6.42 Å². The van der Waals surface area contributed by atoms with Crippen LogP contribution in [-0.2, 0) is 0 Å². The Kier molecular flexibility index (Phi) is 0.814. The highest BCUT2D eigenvalue weighted by atomic mass is 19.2. The fourth-order valence-electron chi connectivity index (χ4n) is 1.47. The van der Waals surface area contributed by atoms with Gasteiger partial charge in [0.25, 0.3) is 0 Å². The first kappa shape index (κ1) is 5.63. The summed E-state index contributed by atoms with van der Waals surface area (Å²) >= 11 is 0. The van der Waals surface area contributed by atoms with Gasteiger partial charge in [-0.3, -0.25) is 0 Å². The third-order valence-corrected chi connectivity index (χ3v) is 2.44. The van der Waals surface area contributed by atoms with Crippen molar-refractivity contribution in [2.75, 3.05) is 0 Å². The van der Waals surface area contributed by atoms with Gasteiger partial charge in [-0.15, -0.1) is 0 Å². The quantitative estimate of drug-likeness (QED) is 0.512. The van der Waals surface area contributed by atoms with E-state index in [1.807, 2.05) is 6.92 Å². The van der Waals surface area contributed by atoms with Crippen LogP contribution in [-0.4, -0.2) is 5.67 Å². The molecule has 0 heterocycles. The Morgan fingerprint density at radius 3 is 2.22 bits per heavy atom. The standard InChI is InChI=1S/C7H9F2/c1-4-2-5(4)7(9)3-6(7)8/h4-5H,2-3H2,1H3. The SMILES string of the molecule is CC1CC1C1(F)C[C]1F. The van der Waals surface area contributed by atoms with Crippen molar-refractivity contribution in [1.29, 1.82) is 0 Å². The van der Waals surface area contributed by atoms with Crippen LogP contribution in [0.2, 0.25) is 0 Å². The smallest absolute Gasteiger partial charge is 0.185 e. The zero-order chi connectivity index (χ0) is 6.65. The molecular weight excluding hydrogens is 122 g/mol. The summed E-state index contributed by atoms with van der Waals surface area (Å²) < 4.78 is 25.1. The molecule has 2 saturated carbocycles. The van der Waals surface area contributed by atoms with Crippen molar-refractivity contribution >= 4 is 0 Å². The zero-order valence-electron chi connectivity index (χ0n) is 5.32. The van der Waals surface area contributed by atoms with E-state index >= 15 is 0 Å². The minimum atomic E-state index is -1.46. The highest BCUT2D eigenvalue weighted by molar-refractivity contribution is 5.27. The molecule has 2 heteroatoms. The Balaban J connectivity index is 2.00.